The highest BCUT2D eigenvalue weighted by Gasteiger charge is 2.35. The Morgan fingerprint density at radius 2 is 1.64 bits per heavy atom. The summed E-state index contributed by atoms with van der Waals surface area (Å²) in [6, 6.07) is 0. The van der Waals surface area contributed by atoms with Crippen LogP contribution in [-0.4, -0.2) is 22.8 Å². The molecule has 14 heavy (non-hydrogen) atoms. The standard InChI is InChI=1S/C9H13NO4/c1-9(2,3)8(13)14-10-6(11)4-5-7(10)12/h4-5H2,1-3H3. The zero-order chi connectivity index (χ0) is 10.9. The molecule has 0 spiro atoms. The summed E-state index contributed by atoms with van der Waals surface area (Å²) in [6.07, 6.45) is 0.243. The molecular weight excluding hydrogens is 186 g/mol. The molecule has 1 aliphatic heterocycles. The first-order chi connectivity index (χ1) is 6.32. The number of hydrogen-bond acceptors (Lipinski definition) is 4. The van der Waals surface area contributed by atoms with Gasteiger partial charge in [-0.1, -0.05) is 0 Å². The molecule has 78 valence electrons. The Morgan fingerprint density at radius 1 is 1.21 bits per heavy atom. The smallest absolute Gasteiger partial charge is 0.330 e. The fraction of sp³-hybridized carbons (Fsp3) is 0.667. The molecule has 0 aromatic carbocycles. The van der Waals surface area contributed by atoms with E-state index in [0.29, 0.717) is 5.06 Å². The van der Waals surface area contributed by atoms with E-state index in [4.69, 9.17) is 4.84 Å². The first-order valence-corrected chi connectivity index (χ1v) is 4.40. The van der Waals surface area contributed by atoms with Gasteiger partial charge in [0, 0.05) is 12.8 Å². The molecule has 1 fully saturated rings. The first-order valence-electron chi connectivity index (χ1n) is 4.40. The maximum absolute atomic E-state index is 11.3. The van der Waals surface area contributed by atoms with Crippen LogP contribution in [-0.2, 0) is 19.2 Å². The van der Waals surface area contributed by atoms with Crippen molar-refractivity contribution in [2.24, 2.45) is 5.41 Å². The van der Waals surface area contributed by atoms with Gasteiger partial charge in [0.15, 0.2) is 0 Å². The van der Waals surface area contributed by atoms with Crippen LogP contribution in [0.4, 0.5) is 0 Å². The number of carbonyl (C=O) groups is 3. The normalized spacial score (nSPS) is 17.5. The van der Waals surface area contributed by atoms with Gasteiger partial charge in [-0.2, -0.15) is 0 Å². The summed E-state index contributed by atoms with van der Waals surface area (Å²) in [5.41, 5.74) is -0.719. The summed E-state index contributed by atoms with van der Waals surface area (Å²) in [4.78, 5) is 38.2. The summed E-state index contributed by atoms with van der Waals surface area (Å²) >= 11 is 0. The van der Waals surface area contributed by atoms with Gasteiger partial charge in [0.1, 0.15) is 0 Å². The largest absolute Gasteiger partial charge is 0.338 e. The average molecular weight is 199 g/mol. The maximum atomic E-state index is 11.3. The van der Waals surface area contributed by atoms with Gasteiger partial charge >= 0.3 is 5.97 Å². The molecular formula is C9H13NO4. The molecule has 5 nitrogen and oxygen atoms in total. The molecule has 0 atom stereocenters. The lowest BCUT2D eigenvalue weighted by molar-refractivity contribution is -0.203. The van der Waals surface area contributed by atoms with Crippen LogP contribution in [0.15, 0.2) is 0 Å². The van der Waals surface area contributed by atoms with Gasteiger partial charge in [-0.25, -0.2) is 4.79 Å². The lowest BCUT2D eigenvalue weighted by atomic mass is 9.98. The molecule has 0 bridgehead atoms. The summed E-state index contributed by atoms with van der Waals surface area (Å²) < 4.78 is 0. The minimum Gasteiger partial charge on any atom is -0.330 e. The zero-order valence-corrected chi connectivity index (χ0v) is 8.49. The number of nitrogens with zero attached hydrogens (tertiary/aromatic N) is 1. The number of hydroxylamine groups is 2. The van der Waals surface area contributed by atoms with E-state index in [2.05, 4.69) is 0 Å². The van der Waals surface area contributed by atoms with E-state index in [-0.39, 0.29) is 12.8 Å². The average Bonchev–Trinajstić information content (AvgIpc) is 2.34. The Hall–Kier alpha value is -1.39. The maximum Gasteiger partial charge on any atom is 0.338 e. The first kappa shape index (κ1) is 10.7. The summed E-state index contributed by atoms with van der Waals surface area (Å²) in [7, 11) is 0. The van der Waals surface area contributed by atoms with E-state index >= 15 is 0 Å². The van der Waals surface area contributed by atoms with Crippen molar-refractivity contribution in [1.29, 1.82) is 0 Å². The third-order valence-electron chi connectivity index (χ3n) is 1.79. The van der Waals surface area contributed by atoms with Crippen LogP contribution in [0.3, 0.4) is 0 Å². The Kier molecular flexibility index (Phi) is 2.59. The molecule has 2 amide bonds. The third-order valence-corrected chi connectivity index (χ3v) is 1.79. The molecule has 0 N–H and O–H groups in total. The van der Waals surface area contributed by atoms with Gasteiger partial charge in [-0.15, -0.1) is 5.06 Å². The molecule has 5 heteroatoms. The van der Waals surface area contributed by atoms with E-state index in [1.165, 1.54) is 0 Å². The summed E-state index contributed by atoms with van der Waals surface area (Å²) in [5.74, 6) is -1.48. The fourth-order valence-corrected chi connectivity index (χ4v) is 0.878. The lowest BCUT2D eigenvalue weighted by Gasteiger charge is -2.19. The lowest BCUT2D eigenvalue weighted by Crippen LogP contribution is -2.36. The topological polar surface area (TPSA) is 63.7 Å². The minimum absolute atomic E-state index is 0.121. The van der Waals surface area contributed by atoms with Crippen molar-refractivity contribution in [2.45, 2.75) is 33.6 Å². The molecule has 0 aromatic rings. The van der Waals surface area contributed by atoms with E-state index in [0.717, 1.165) is 0 Å². The Labute approximate surface area is 82.0 Å². The molecule has 0 saturated carbocycles. The predicted molar refractivity (Wildman–Crippen MR) is 46.6 cm³/mol. The molecule has 0 radical (unpaired) electrons. The molecule has 0 unspecified atom stereocenters. The monoisotopic (exact) mass is 199 g/mol. The van der Waals surface area contributed by atoms with E-state index in [1.807, 2.05) is 0 Å². The van der Waals surface area contributed by atoms with Crippen molar-refractivity contribution in [2.75, 3.05) is 0 Å². The van der Waals surface area contributed by atoms with Crippen LogP contribution in [0, 0.1) is 5.41 Å². The Balaban J connectivity index is 2.65. The van der Waals surface area contributed by atoms with Gasteiger partial charge in [-0.05, 0) is 20.8 Å². The van der Waals surface area contributed by atoms with Crippen molar-refractivity contribution < 1.29 is 19.2 Å². The van der Waals surface area contributed by atoms with Crippen molar-refractivity contribution >= 4 is 17.8 Å². The second-order valence-electron chi connectivity index (χ2n) is 4.21. The number of rotatable bonds is 1. The van der Waals surface area contributed by atoms with Crippen LogP contribution in [0.2, 0.25) is 0 Å². The molecule has 1 aliphatic rings. The van der Waals surface area contributed by atoms with Gasteiger partial charge in [0.2, 0.25) is 0 Å². The Bertz CT molecular complexity index is 274. The van der Waals surface area contributed by atoms with E-state index in [1.54, 1.807) is 20.8 Å². The fourth-order valence-electron chi connectivity index (χ4n) is 0.878. The quantitative estimate of drug-likeness (QED) is 0.581. The molecule has 1 rings (SSSR count). The van der Waals surface area contributed by atoms with Crippen molar-refractivity contribution in [3.05, 3.63) is 0 Å². The molecule has 0 aromatic heterocycles. The highest BCUT2D eigenvalue weighted by atomic mass is 16.7. The van der Waals surface area contributed by atoms with Crippen molar-refractivity contribution in [3.63, 3.8) is 0 Å². The van der Waals surface area contributed by atoms with Gasteiger partial charge in [-0.3, -0.25) is 9.59 Å². The summed E-state index contributed by atoms with van der Waals surface area (Å²) in [6.45, 7) is 4.96. The second kappa shape index (κ2) is 3.40. The van der Waals surface area contributed by atoms with Crippen molar-refractivity contribution in [3.8, 4) is 0 Å². The highest BCUT2D eigenvalue weighted by molar-refractivity contribution is 6.01. The van der Waals surface area contributed by atoms with E-state index < -0.39 is 23.2 Å². The number of imide groups is 1. The van der Waals surface area contributed by atoms with Gasteiger partial charge < -0.3 is 4.84 Å². The number of amides is 2. The van der Waals surface area contributed by atoms with Crippen molar-refractivity contribution in [1.82, 2.24) is 5.06 Å². The Morgan fingerprint density at radius 3 is 2.00 bits per heavy atom. The number of hydrogen-bond donors (Lipinski definition) is 0. The van der Waals surface area contributed by atoms with Gasteiger partial charge in [0.25, 0.3) is 11.8 Å². The van der Waals surface area contributed by atoms with Crippen LogP contribution in [0.25, 0.3) is 0 Å². The van der Waals surface area contributed by atoms with E-state index in [9.17, 15) is 14.4 Å². The zero-order valence-electron chi connectivity index (χ0n) is 8.49. The third kappa shape index (κ3) is 2.10. The predicted octanol–water partition coefficient (Wildman–Crippen LogP) is 0.640. The highest BCUT2D eigenvalue weighted by Crippen LogP contribution is 2.19. The molecule has 1 heterocycles. The SMILES string of the molecule is CC(C)(C)C(=O)ON1C(=O)CCC1=O. The molecule has 0 aliphatic carbocycles. The van der Waals surface area contributed by atoms with Gasteiger partial charge in [0.05, 0.1) is 5.41 Å². The summed E-state index contributed by atoms with van der Waals surface area (Å²) in [5, 5.41) is 0.563. The van der Waals surface area contributed by atoms with Crippen LogP contribution in [0.1, 0.15) is 33.6 Å². The molecule has 1 saturated heterocycles. The minimum atomic E-state index is -0.719. The van der Waals surface area contributed by atoms with Crippen LogP contribution >= 0.6 is 0 Å². The number of carbonyl (C=O) groups excluding carboxylic acids is 3. The van der Waals surface area contributed by atoms with Crippen LogP contribution < -0.4 is 0 Å². The second-order valence-corrected chi connectivity index (χ2v) is 4.21. The van der Waals surface area contributed by atoms with Crippen LogP contribution in [0.5, 0.6) is 0 Å².